The first-order valence-electron chi connectivity index (χ1n) is 9.51. The Kier molecular flexibility index (Phi) is 6.15. The van der Waals surface area contributed by atoms with E-state index in [-0.39, 0.29) is 0 Å². The Labute approximate surface area is 144 Å². The highest BCUT2D eigenvalue weighted by atomic mass is 15.3. The van der Waals surface area contributed by atoms with Gasteiger partial charge in [0, 0.05) is 49.3 Å². The van der Waals surface area contributed by atoms with E-state index in [1.807, 2.05) is 0 Å². The van der Waals surface area contributed by atoms with Crippen molar-refractivity contribution >= 4 is 0 Å². The number of hydrogen-bond acceptors (Lipinski definition) is 4. The average molecular weight is 325 g/mol. The summed E-state index contributed by atoms with van der Waals surface area (Å²) in [5.74, 6) is 0. The molecule has 2 saturated heterocycles. The molecule has 0 radical (unpaired) electrons. The van der Waals surface area contributed by atoms with E-state index < -0.39 is 0 Å². The summed E-state index contributed by atoms with van der Waals surface area (Å²) in [6, 6.07) is 1.41. The zero-order chi connectivity index (χ0) is 17.3. The fraction of sp³-hybridized carbons (Fsp3) is 1.00. The van der Waals surface area contributed by atoms with Crippen LogP contribution >= 0.6 is 0 Å². The second-order valence-corrected chi connectivity index (χ2v) is 9.32. The standard InChI is InChI=1S/C19H40N4/c1-18(2,3)22-12-9-17(15-22)21(7)13-10-19(4,5)23-11-8-16(14-23)20-6/h16-17,20H,8-15H2,1-7H3/t16-,17+/m0/s1. The maximum absolute atomic E-state index is 3.44. The molecule has 0 spiro atoms. The minimum Gasteiger partial charge on any atom is -0.316 e. The summed E-state index contributed by atoms with van der Waals surface area (Å²) in [4.78, 5) is 7.93. The van der Waals surface area contributed by atoms with Gasteiger partial charge in [0.25, 0.3) is 0 Å². The Balaban J connectivity index is 1.79. The van der Waals surface area contributed by atoms with Crippen LogP contribution < -0.4 is 5.32 Å². The molecule has 2 aliphatic rings. The molecule has 0 amide bonds. The zero-order valence-corrected chi connectivity index (χ0v) is 16.7. The molecular formula is C19H40N4. The molecule has 1 N–H and O–H groups in total. The Morgan fingerprint density at radius 3 is 2.17 bits per heavy atom. The fourth-order valence-electron chi connectivity index (χ4n) is 4.05. The van der Waals surface area contributed by atoms with E-state index in [0.717, 1.165) is 6.04 Å². The van der Waals surface area contributed by atoms with E-state index in [0.29, 0.717) is 17.1 Å². The van der Waals surface area contributed by atoms with Crippen LogP contribution in [0.2, 0.25) is 0 Å². The molecule has 4 nitrogen and oxygen atoms in total. The molecule has 23 heavy (non-hydrogen) atoms. The molecule has 0 aliphatic carbocycles. The van der Waals surface area contributed by atoms with Crippen LogP contribution in [0.1, 0.15) is 53.9 Å². The van der Waals surface area contributed by atoms with Crippen LogP contribution in [0.4, 0.5) is 0 Å². The number of rotatable bonds is 6. The van der Waals surface area contributed by atoms with Gasteiger partial charge < -0.3 is 10.2 Å². The van der Waals surface area contributed by atoms with Gasteiger partial charge in [0.15, 0.2) is 0 Å². The minimum absolute atomic E-state index is 0.308. The van der Waals surface area contributed by atoms with Gasteiger partial charge in [-0.15, -0.1) is 0 Å². The fourth-order valence-corrected chi connectivity index (χ4v) is 4.05. The van der Waals surface area contributed by atoms with Crippen LogP contribution in [0.5, 0.6) is 0 Å². The number of likely N-dealkylation sites (tertiary alicyclic amines) is 2. The molecule has 0 aromatic heterocycles. The topological polar surface area (TPSA) is 21.8 Å². The molecule has 2 rings (SSSR count). The van der Waals surface area contributed by atoms with E-state index >= 15 is 0 Å². The second-order valence-electron chi connectivity index (χ2n) is 9.32. The molecule has 0 bridgehead atoms. The number of nitrogens with zero attached hydrogens (tertiary/aromatic N) is 3. The summed E-state index contributed by atoms with van der Waals surface area (Å²) in [7, 11) is 4.42. The zero-order valence-electron chi connectivity index (χ0n) is 16.7. The first kappa shape index (κ1) is 19.2. The van der Waals surface area contributed by atoms with E-state index in [9.17, 15) is 0 Å². The van der Waals surface area contributed by atoms with Gasteiger partial charge in [-0.05, 0) is 74.5 Å². The van der Waals surface area contributed by atoms with Gasteiger partial charge in [0.1, 0.15) is 0 Å². The van der Waals surface area contributed by atoms with Crippen molar-refractivity contribution in [2.75, 3.05) is 46.8 Å². The summed E-state index contributed by atoms with van der Waals surface area (Å²) >= 11 is 0. The molecule has 0 aromatic rings. The maximum Gasteiger partial charge on any atom is 0.0232 e. The number of likely N-dealkylation sites (N-methyl/N-ethyl adjacent to an activating group) is 2. The van der Waals surface area contributed by atoms with Crippen LogP contribution in [0.25, 0.3) is 0 Å². The van der Waals surface area contributed by atoms with Gasteiger partial charge in [-0.1, -0.05) is 0 Å². The summed E-state index contributed by atoms with van der Waals surface area (Å²) in [6.45, 7) is 18.0. The third kappa shape index (κ3) is 4.91. The summed E-state index contributed by atoms with van der Waals surface area (Å²) in [5, 5.41) is 3.44. The van der Waals surface area contributed by atoms with Gasteiger partial charge >= 0.3 is 0 Å². The summed E-state index contributed by atoms with van der Waals surface area (Å²) in [5.41, 5.74) is 0.620. The molecular weight excluding hydrogens is 284 g/mol. The van der Waals surface area contributed by atoms with Crippen LogP contribution in [0.15, 0.2) is 0 Å². The lowest BCUT2D eigenvalue weighted by molar-refractivity contribution is 0.111. The van der Waals surface area contributed by atoms with Gasteiger partial charge in [-0.2, -0.15) is 0 Å². The molecule has 0 saturated carbocycles. The van der Waals surface area contributed by atoms with Crippen molar-refractivity contribution in [3.05, 3.63) is 0 Å². The largest absolute Gasteiger partial charge is 0.316 e. The minimum atomic E-state index is 0.308. The molecule has 0 unspecified atom stereocenters. The highest BCUT2D eigenvalue weighted by molar-refractivity contribution is 4.92. The average Bonchev–Trinajstić information content (AvgIpc) is 3.12. The van der Waals surface area contributed by atoms with Crippen molar-refractivity contribution in [1.82, 2.24) is 20.0 Å². The SMILES string of the molecule is CN[C@H]1CCN(C(C)(C)CCN(C)[C@@H]2CCN(C(C)(C)C)C2)C1. The Hall–Kier alpha value is -0.160. The Morgan fingerprint density at radius 2 is 1.65 bits per heavy atom. The van der Waals surface area contributed by atoms with E-state index in [4.69, 9.17) is 0 Å². The quantitative estimate of drug-likeness (QED) is 0.809. The van der Waals surface area contributed by atoms with Gasteiger partial charge in [0.05, 0.1) is 0 Å². The highest BCUT2D eigenvalue weighted by Gasteiger charge is 2.35. The van der Waals surface area contributed by atoms with Gasteiger partial charge in [-0.25, -0.2) is 0 Å². The van der Waals surface area contributed by atoms with Crippen molar-refractivity contribution in [2.45, 2.75) is 77.0 Å². The predicted octanol–water partition coefficient (Wildman–Crippen LogP) is 2.25. The van der Waals surface area contributed by atoms with E-state index in [1.54, 1.807) is 0 Å². The number of nitrogens with one attached hydrogen (secondary N) is 1. The summed E-state index contributed by atoms with van der Waals surface area (Å²) in [6.07, 6.45) is 3.87. The first-order chi connectivity index (χ1) is 10.6. The van der Waals surface area contributed by atoms with Gasteiger partial charge in [-0.3, -0.25) is 9.80 Å². The predicted molar refractivity (Wildman–Crippen MR) is 100 cm³/mol. The Bertz CT molecular complexity index is 374. The summed E-state index contributed by atoms with van der Waals surface area (Å²) < 4.78 is 0. The molecule has 136 valence electrons. The molecule has 2 aliphatic heterocycles. The lowest BCUT2D eigenvalue weighted by atomic mass is 9.97. The smallest absolute Gasteiger partial charge is 0.0232 e. The Morgan fingerprint density at radius 1 is 1.00 bits per heavy atom. The van der Waals surface area contributed by atoms with Gasteiger partial charge in [0.2, 0.25) is 0 Å². The molecule has 2 heterocycles. The molecule has 4 heteroatoms. The van der Waals surface area contributed by atoms with Crippen molar-refractivity contribution in [3.63, 3.8) is 0 Å². The third-order valence-corrected chi connectivity index (χ3v) is 6.26. The van der Waals surface area contributed by atoms with Crippen LogP contribution in [-0.4, -0.2) is 84.7 Å². The van der Waals surface area contributed by atoms with Crippen LogP contribution in [-0.2, 0) is 0 Å². The lowest BCUT2D eigenvalue weighted by Crippen LogP contribution is -2.47. The third-order valence-electron chi connectivity index (χ3n) is 6.26. The van der Waals surface area contributed by atoms with Crippen molar-refractivity contribution in [1.29, 1.82) is 0 Å². The lowest BCUT2D eigenvalue weighted by Gasteiger charge is -2.38. The molecule has 2 atom stereocenters. The number of hydrogen-bond donors (Lipinski definition) is 1. The molecule has 2 fully saturated rings. The highest BCUT2D eigenvalue weighted by Crippen LogP contribution is 2.27. The first-order valence-corrected chi connectivity index (χ1v) is 9.51. The van der Waals surface area contributed by atoms with Crippen LogP contribution in [0.3, 0.4) is 0 Å². The van der Waals surface area contributed by atoms with Crippen molar-refractivity contribution < 1.29 is 0 Å². The normalized spacial score (nSPS) is 28.2. The maximum atomic E-state index is 3.44. The molecule has 0 aromatic carbocycles. The van der Waals surface area contributed by atoms with E-state index in [2.05, 4.69) is 68.7 Å². The van der Waals surface area contributed by atoms with Crippen molar-refractivity contribution in [2.24, 2.45) is 0 Å². The second kappa shape index (κ2) is 7.38. The van der Waals surface area contributed by atoms with E-state index in [1.165, 1.54) is 52.0 Å². The monoisotopic (exact) mass is 324 g/mol. The van der Waals surface area contributed by atoms with Crippen molar-refractivity contribution in [3.8, 4) is 0 Å². The van der Waals surface area contributed by atoms with Crippen LogP contribution in [0, 0.1) is 0 Å².